The second-order valence-electron chi connectivity index (χ2n) is 8.13. The minimum Gasteiger partial charge on any atom is -0.494 e. The van der Waals surface area contributed by atoms with Crippen LogP contribution < -0.4 is 14.8 Å². The monoisotopic (exact) mass is 510 g/mol. The zero-order chi connectivity index (χ0) is 24.6. The van der Waals surface area contributed by atoms with E-state index >= 15 is 0 Å². The molecule has 12 heteroatoms. The van der Waals surface area contributed by atoms with Gasteiger partial charge in [-0.15, -0.1) is 0 Å². The normalized spacial score (nSPS) is 16.8. The summed E-state index contributed by atoms with van der Waals surface area (Å²) < 4.78 is 42.1. The molecule has 0 bridgehead atoms. The number of anilines is 1. The number of nitrogens with two attached hydrogens (primary N) is 1. The van der Waals surface area contributed by atoms with E-state index < -0.39 is 21.8 Å². The highest BCUT2D eigenvalue weighted by Crippen LogP contribution is 2.31. The van der Waals surface area contributed by atoms with Crippen LogP contribution in [0.3, 0.4) is 0 Å². The summed E-state index contributed by atoms with van der Waals surface area (Å²) in [5, 5.41) is 4.95. The van der Waals surface area contributed by atoms with Gasteiger partial charge >= 0.3 is 0 Å². The van der Waals surface area contributed by atoms with Crippen molar-refractivity contribution >= 4 is 39.1 Å². The van der Waals surface area contributed by atoms with E-state index in [0.29, 0.717) is 18.7 Å². The van der Waals surface area contributed by atoms with E-state index in [2.05, 4.69) is 9.80 Å². The maximum absolute atomic E-state index is 13.5. The second kappa shape index (κ2) is 9.49. The molecule has 2 aromatic rings. The first-order valence-electron chi connectivity index (χ1n) is 10.6. The van der Waals surface area contributed by atoms with E-state index in [1.807, 2.05) is 0 Å². The van der Waals surface area contributed by atoms with E-state index in [-0.39, 0.29) is 33.4 Å². The fourth-order valence-electron chi connectivity index (χ4n) is 4.29. The van der Waals surface area contributed by atoms with Crippen molar-refractivity contribution in [2.75, 3.05) is 51.3 Å². The van der Waals surface area contributed by atoms with Gasteiger partial charge in [-0.05, 0) is 37.2 Å². The molecule has 0 unspecified atom stereocenters. The minimum absolute atomic E-state index is 0.0136. The van der Waals surface area contributed by atoms with Gasteiger partial charge in [0.05, 0.1) is 28.9 Å². The number of piperazine rings is 1. The number of hydrogen-bond donors (Lipinski definition) is 1. The molecule has 2 heterocycles. The molecule has 9 nitrogen and oxygen atoms in total. The Balaban J connectivity index is 1.33. The fraction of sp³-hybridized carbons (Fsp3) is 0.364. The lowest BCUT2D eigenvalue weighted by molar-refractivity contribution is 0.0647. The third kappa shape index (κ3) is 4.74. The van der Waals surface area contributed by atoms with E-state index in [4.69, 9.17) is 21.5 Å². The Labute approximate surface area is 201 Å². The first kappa shape index (κ1) is 24.4. The van der Waals surface area contributed by atoms with Gasteiger partial charge in [-0.1, -0.05) is 11.6 Å². The summed E-state index contributed by atoms with van der Waals surface area (Å²) in [6, 6.07) is 6.73. The molecule has 2 amide bonds. The number of carbonyl (C=O) groups is 2. The number of nitrogens with zero attached hydrogens (tertiary/aromatic N) is 3. The van der Waals surface area contributed by atoms with Crippen LogP contribution in [-0.4, -0.2) is 76.4 Å². The van der Waals surface area contributed by atoms with Crippen molar-refractivity contribution in [1.29, 1.82) is 0 Å². The lowest BCUT2D eigenvalue weighted by Crippen LogP contribution is -2.47. The molecule has 2 aromatic carbocycles. The largest absolute Gasteiger partial charge is 0.494 e. The standard InChI is InChI=1S/C22H24ClFN4O5S/c1-33-19-11-14(24)3-4-18(19)27-9-7-26(8-10-27)5-2-6-28-21(29)15-12-17(23)20(34(25,31)32)13-16(15)22(28)30/h3-4,11-13H,2,5-10H2,1H3,(H2,25,31,32). The van der Waals surface area contributed by atoms with Crippen molar-refractivity contribution in [1.82, 2.24) is 9.80 Å². The summed E-state index contributed by atoms with van der Waals surface area (Å²) in [5.74, 6) is -0.925. The smallest absolute Gasteiger partial charge is 0.261 e. The van der Waals surface area contributed by atoms with Crippen LogP contribution in [0.25, 0.3) is 0 Å². The molecule has 2 aliphatic rings. The SMILES string of the molecule is COc1cc(F)ccc1N1CCN(CCCN2C(=O)c3cc(Cl)c(S(N)(=O)=O)cc3C2=O)CC1. The average Bonchev–Trinajstić information content (AvgIpc) is 3.02. The zero-order valence-electron chi connectivity index (χ0n) is 18.5. The predicted octanol–water partition coefficient (Wildman–Crippen LogP) is 1.94. The summed E-state index contributed by atoms with van der Waals surface area (Å²) in [7, 11) is -2.62. The molecular weight excluding hydrogens is 487 g/mol. The van der Waals surface area contributed by atoms with Crippen molar-refractivity contribution in [3.8, 4) is 5.75 Å². The number of rotatable bonds is 7. The van der Waals surface area contributed by atoms with Gasteiger partial charge in [0.25, 0.3) is 11.8 Å². The van der Waals surface area contributed by atoms with Crippen LogP contribution in [0.15, 0.2) is 35.2 Å². The van der Waals surface area contributed by atoms with Gasteiger partial charge in [0, 0.05) is 38.8 Å². The lowest BCUT2D eigenvalue weighted by atomic mass is 10.1. The summed E-state index contributed by atoms with van der Waals surface area (Å²) in [5.41, 5.74) is 0.900. The molecule has 2 N–H and O–H groups in total. The number of benzene rings is 2. The molecule has 1 saturated heterocycles. The fourth-order valence-corrected chi connectivity index (χ4v) is 5.39. The van der Waals surface area contributed by atoms with Gasteiger partial charge in [-0.2, -0.15) is 0 Å². The highest BCUT2D eigenvalue weighted by Gasteiger charge is 2.37. The summed E-state index contributed by atoms with van der Waals surface area (Å²) >= 11 is 5.96. The summed E-state index contributed by atoms with van der Waals surface area (Å²) in [4.78, 5) is 30.5. The third-order valence-electron chi connectivity index (χ3n) is 6.04. The third-order valence-corrected chi connectivity index (χ3v) is 7.42. The Bertz CT molecular complexity index is 1250. The first-order chi connectivity index (χ1) is 16.1. The van der Waals surface area contributed by atoms with E-state index in [9.17, 15) is 22.4 Å². The first-order valence-corrected chi connectivity index (χ1v) is 12.6. The molecule has 34 heavy (non-hydrogen) atoms. The van der Waals surface area contributed by atoms with E-state index in [1.54, 1.807) is 6.07 Å². The second-order valence-corrected chi connectivity index (χ2v) is 10.1. The molecule has 0 atom stereocenters. The van der Waals surface area contributed by atoms with Crippen molar-refractivity contribution < 1.29 is 27.1 Å². The number of fused-ring (bicyclic) bond motifs is 1. The molecule has 0 aliphatic carbocycles. The number of imide groups is 1. The van der Waals surface area contributed by atoms with Crippen molar-refractivity contribution in [3.63, 3.8) is 0 Å². The minimum atomic E-state index is -4.13. The van der Waals surface area contributed by atoms with Gasteiger partial charge in [-0.25, -0.2) is 17.9 Å². The van der Waals surface area contributed by atoms with Crippen LogP contribution in [0.1, 0.15) is 27.1 Å². The van der Waals surface area contributed by atoms with Gasteiger partial charge in [-0.3, -0.25) is 19.4 Å². The number of halogens is 2. The topological polar surface area (TPSA) is 113 Å². The number of sulfonamides is 1. The van der Waals surface area contributed by atoms with Crippen LogP contribution in [0, 0.1) is 5.82 Å². The summed E-state index contributed by atoms with van der Waals surface area (Å²) in [6.07, 6.45) is 0.557. The molecule has 0 saturated carbocycles. The van der Waals surface area contributed by atoms with Gasteiger partial charge < -0.3 is 9.64 Å². The van der Waals surface area contributed by atoms with Crippen LogP contribution in [0.2, 0.25) is 5.02 Å². The van der Waals surface area contributed by atoms with E-state index in [1.165, 1.54) is 25.3 Å². The Hall–Kier alpha value is -2.73. The Morgan fingerprint density at radius 1 is 1.03 bits per heavy atom. The Morgan fingerprint density at radius 2 is 1.68 bits per heavy atom. The highest BCUT2D eigenvalue weighted by atomic mass is 35.5. The number of amides is 2. The molecule has 0 spiro atoms. The lowest BCUT2D eigenvalue weighted by Gasteiger charge is -2.36. The van der Waals surface area contributed by atoms with Crippen LogP contribution in [0.5, 0.6) is 5.75 Å². The molecular formula is C22H24ClFN4O5S. The molecule has 1 fully saturated rings. The van der Waals surface area contributed by atoms with Crippen molar-refractivity contribution in [3.05, 3.63) is 52.3 Å². The number of ether oxygens (including phenoxy) is 1. The van der Waals surface area contributed by atoms with Crippen molar-refractivity contribution in [2.24, 2.45) is 5.14 Å². The number of hydrogen-bond acceptors (Lipinski definition) is 7. The average molecular weight is 511 g/mol. The Kier molecular flexibility index (Phi) is 6.81. The molecule has 4 rings (SSSR count). The van der Waals surface area contributed by atoms with Gasteiger partial charge in [0.1, 0.15) is 16.5 Å². The molecule has 182 valence electrons. The maximum Gasteiger partial charge on any atom is 0.261 e. The zero-order valence-corrected chi connectivity index (χ0v) is 20.0. The van der Waals surface area contributed by atoms with Crippen LogP contribution in [0.4, 0.5) is 10.1 Å². The highest BCUT2D eigenvalue weighted by molar-refractivity contribution is 7.89. The number of primary sulfonamides is 1. The molecule has 2 aliphatic heterocycles. The predicted molar refractivity (Wildman–Crippen MR) is 124 cm³/mol. The summed E-state index contributed by atoms with van der Waals surface area (Å²) in [6.45, 7) is 3.84. The molecule has 0 aromatic heterocycles. The number of methoxy groups -OCH3 is 1. The van der Waals surface area contributed by atoms with Gasteiger partial charge in [0.15, 0.2) is 0 Å². The Morgan fingerprint density at radius 3 is 2.29 bits per heavy atom. The van der Waals surface area contributed by atoms with Crippen molar-refractivity contribution in [2.45, 2.75) is 11.3 Å². The quantitative estimate of drug-likeness (QED) is 0.566. The van der Waals surface area contributed by atoms with Crippen LogP contribution >= 0.6 is 11.6 Å². The number of carbonyl (C=O) groups excluding carboxylic acids is 2. The van der Waals surface area contributed by atoms with Gasteiger partial charge in [0.2, 0.25) is 10.0 Å². The maximum atomic E-state index is 13.5. The molecule has 0 radical (unpaired) electrons. The van der Waals surface area contributed by atoms with E-state index in [0.717, 1.165) is 42.8 Å². The van der Waals surface area contributed by atoms with Crippen LogP contribution in [-0.2, 0) is 10.0 Å².